The first-order valence-electron chi connectivity index (χ1n) is 12.6. The zero-order valence-electron chi connectivity index (χ0n) is 21.9. The Hall–Kier alpha value is -2.74. The molecule has 0 spiro atoms. The van der Waals surface area contributed by atoms with Crippen LogP contribution in [0.15, 0.2) is 66.7 Å². The SMILES string of the molecule is CC(C)(C)[Si](C)(C)OCCCC1O[B]c2cc(Oc3cccc(OCc4ccccc4)c3)cc(O)c21. The van der Waals surface area contributed by atoms with E-state index in [1.165, 1.54) is 0 Å². The van der Waals surface area contributed by atoms with Crippen LogP contribution in [0, 0.1) is 0 Å². The van der Waals surface area contributed by atoms with E-state index in [-0.39, 0.29) is 16.9 Å². The molecule has 0 fully saturated rings. The molecule has 189 valence electrons. The molecule has 36 heavy (non-hydrogen) atoms. The minimum Gasteiger partial charge on any atom is -0.507 e. The van der Waals surface area contributed by atoms with Gasteiger partial charge in [0, 0.05) is 24.3 Å². The van der Waals surface area contributed by atoms with Gasteiger partial charge in [-0.25, -0.2) is 0 Å². The smallest absolute Gasteiger partial charge is 0.331 e. The fourth-order valence-corrected chi connectivity index (χ4v) is 4.98. The highest BCUT2D eigenvalue weighted by Gasteiger charge is 2.37. The molecule has 0 saturated heterocycles. The zero-order chi connectivity index (χ0) is 25.8. The first-order valence-corrected chi connectivity index (χ1v) is 15.5. The van der Waals surface area contributed by atoms with E-state index in [9.17, 15) is 5.11 Å². The second-order valence-electron chi connectivity index (χ2n) is 10.8. The van der Waals surface area contributed by atoms with Gasteiger partial charge >= 0.3 is 7.48 Å². The lowest BCUT2D eigenvalue weighted by molar-refractivity contribution is 0.193. The number of ether oxygens (including phenoxy) is 2. The minimum atomic E-state index is -1.76. The summed E-state index contributed by atoms with van der Waals surface area (Å²) in [5, 5.41) is 11.0. The monoisotopic (exact) mass is 503 g/mol. The Kier molecular flexibility index (Phi) is 8.13. The van der Waals surface area contributed by atoms with Gasteiger partial charge in [-0.2, -0.15) is 0 Å². The lowest BCUT2D eigenvalue weighted by atomic mass is 9.85. The minimum absolute atomic E-state index is 0.174. The predicted octanol–water partition coefficient (Wildman–Crippen LogP) is 6.88. The van der Waals surface area contributed by atoms with Crippen molar-refractivity contribution >= 4 is 21.3 Å². The molecule has 7 heteroatoms. The van der Waals surface area contributed by atoms with Crippen LogP contribution in [0.3, 0.4) is 0 Å². The number of aromatic hydroxyl groups is 1. The molecule has 0 bridgehead atoms. The van der Waals surface area contributed by atoms with E-state index in [1.54, 1.807) is 13.5 Å². The average molecular weight is 504 g/mol. The fraction of sp³-hybridized carbons (Fsp3) is 0.379. The second-order valence-corrected chi connectivity index (χ2v) is 15.6. The van der Waals surface area contributed by atoms with Crippen LogP contribution >= 0.6 is 0 Å². The van der Waals surface area contributed by atoms with Gasteiger partial charge in [-0.3, -0.25) is 0 Å². The van der Waals surface area contributed by atoms with Crippen LogP contribution in [0.2, 0.25) is 18.1 Å². The summed E-state index contributed by atoms with van der Waals surface area (Å²) in [5.41, 5.74) is 2.76. The van der Waals surface area contributed by atoms with Gasteiger partial charge in [-0.15, -0.1) is 0 Å². The Morgan fingerprint density at radius 2 is 1.69 bits per heavy atom. The largest absolute Gasteiger partial charge is 0.507 e. The Balaban J connectivity index is 1.35. The molecule has 3 aromatic rings. The van der Waals surface area contributed by atoms with Crippen molar-refractivity contribution in [2.24, 2.45) is 0 Å². The summed E-state index contributed by atoms with van der Waals surface area (Å²) >= 11 is 0. The Morgan fingerprint density at radius 1 is 0.944 bits per heavy atom. The van der Waals surface area contributed by atoms with Crippen molar-refractivity contribution in [1.82, 2.24) is 0 Å². The van der Waals surface area contributed by atoms with Crippen LogP contribution < -0.4 is 14.9 Å². The number of hydrogen-bond acceptors (Lipinski definition) is 5. The second kappa shape index (κ2) is 11.1. The molecule has 1 aliphatic heterocycles. The molecule has 1 atom stereocenters. The molecule has 0 amide bonds. The summed E-state index contributed by atoms with van der Waals surface area (Å²) in [4.78, 5) is 0. The van der Waals surface area contributed by atoms with E-state index < -0.39 is 8.32 Å². The molecule has 3 aromatic carbocycles. The van der Waals surface area contributed by atoms with Crippen LogP contribution in [0.5, 0.6) is 23.0 Å². The molecule has 1 radical (unpaired) electrons. The number of phenolic OH excluding ortho intramolecular Hbond substituents is 1. The van der Waals surface area contributed by atoms with Crippen LogP contribution in [0.25, 0.3) is 0 Å². The van der Waals surface area contributed by atoms with Gasteiger partial charge in [-0.1, -0.05) is 57.2 Å². The topological polar surface area (TPSA) is 57.2 Å². The maximum atomic E-state index is 10.8. The fourth-order valence-electron chi connectivity index (χ4n) is 3.89. The Bertz CT molecular complexity index is 1160. The molecule has 0 aliphatic carbocycles. The number of benzene rings is 3. The molecule has 4 rings (SSSR count). The van der Waals surface area contributed by atoms with Crippen molar-refractivity contribution in [3.63, 3.8) is 0 Å². The standard InChI is InChI=1S/C29H36BO5Si/c1-29(2,3)36(4,5)33-16-10-15-27-28-25(30-35-27)18-24(19-26(28)31)34-23-14-9-13-22(17-23)32-20-21-11-7-6-8-12-21/h6-9,11-14,17-19,27,31H,10,15-16,20H2,1-5H3. The van der Waals surface area contributed by atoms with E-state index in [2.05, 4.69) is 33.9 Å². The quantitative estimate of drug-likeness (QED) is 0.241. The van der Waals surface area contributed by atoms with Crippen molar-refractivity contribution in [3.8, 4) is 23.0 Å². The van der Waals surface area contributed by atoms with E-state index in [0.29, 0.717) is 24.7 Å². The van der Waals surface area contributed by atoms with Crippen LogP contribution in [-0.2, 0) is 15.7 Å². The van der Waals surface area contributed by atoms with Crippen molar-refractivity contribution in [1.29, 1.82) is 0 Å². The summed E-state index contributed by atoms with van der Waals surface area (Å²) in [6, 6.07) is 21.1. The lowest BCUT2D eigenvalue weighted by Crippen LogP contribution is -2.41. The normalized spacial score (nSPS) is 15.3. The summed E-state index contributed by atoms with van der Waals surface area (Å²) in [6.45, 7) is 12.5. The van der Waals surface area contributed by atoms with Crippen LogP contribution in [0.4, 0.5) is 0 Å². The maximum absolute atomic E-state index is 10.8. The number of rotatable bonds is 10. The van der Waals surface area contributed by atoms with E-state index in [0.717, 1.165) is 35.2 Å². The number of fused-ring (bicyclic) bond motifs is 1. The van der Waals surface area contributed by atoms with E-state index in [1.807, 2.05) is 60.7 Å². The predicted molar refractivity (Wildman–Crippen MR) is 147 cm³/mol. The first-order chi connectivity index (χ1) is 17.1. The molecule has 1 unspecified atom stereocenters. The summed E-state index contributed by atoms with van der Waals surface area (Å²) in [7, 11) is -0.0503. The highest BCUT2D eigenvalue weighted by Crippen LogP contribution is 2.38. The Labute approximate surface area is 216 Å². The third-order valence-electron chi connectivity index (χ3n) is 7.01. The number of hydrogen-bond donors (Lipinski definition) is 1. The van der Waals surface area contributed by atoms with Crippen LogP contribution in [-0.4, -0.2) is 27.5 Å². The molecule has 1 aliphatic rings. The van der Waals surface area contributed by atoms with Gasteiger partial charge in [-0.05, 0) is 60.2 Å². The number of phenols is 1. The molecule has 5 nitrogen and oxygen atoms in total. The lowest BCUT2D eigenvalue weighted by Gasteiger charge is -2.36. The summed E-state index contributed by atoms with van der Waals surface area (Å²) in [6.07, 6.45) is 1.48. The summed E-state index contributed by atoms with van der Waals surface area (Å²) < 4.78 is 24.1. The van der Waals surface area contributed by atoms with Gasteiger partial charge in [0.2, 0.25) is 0 Å². The third kappa shape index (κ3) is 6.52. The van der Waals surface area contributed by atoms with Crippen molar-refractivity contribution < 1.29 is 23.7 Å². The van der Waals surface area contributed by atoms with Gasteiger partial charge in [0.1, 0.15) is 29.6 Å². The van der Waals surface area contributed by atoms with Crippen molar-refractivity contribution in [3.05, 3.63) is 77.9 Å². The molecule has 0 aromatic heterocycles. The molecular formula is C29H36BO5Si. The first kappa shape index (κ1) is 26.3. The molecular weight excluding hydrogens is 467 g/mol. The van der Waals surface area contributed by atoms with Gasteiger partial charge in [0.15, 0.2) is 8.32 Å². The third-order valence-corrected chi connectivity index (χ3v) is 11.6. The van der Waals surface area contributed by atoms with Gasteiger partial charge in [0.05, 0.1) is 6.10 Å². The molecule has 1 N–H and O–H groups in total. The highest BCUT2D eigenvalue weighted by molar-refractivity contribution is 6.74. The zero-order valence-corrected chi connectivity index (χ0v) is 22.9. The Morgan fingerprint density at radius 3 is 2.44 bits per heavy atom. The van der Waals surface area contributed by atoms with E-state index >= 15 is 0 Å². The average Bonchev–Trinajstić information content (AvgIpc) is 3.24. The van der Waals surface area contributed by atoms with Crippen molar-refractivity contribution in [2.75, 3.05) is 6.61 Å². The van der Waals surface area contributed by atoms with Gasteiger partial charge in [0.25, 0.3) is 0 Å². The highest BCUT2D eigenvalue weighted by atomic mass is 28.4. The molecule has 0 saturated carbocycles. The summed E-state index contributed by atoms with van der Waals surface area (Å²) in [5.74, 6) is 2.09. The molecule has 1 heterocycles. The maximum Gasteiger partial charge on any atom is 0.331 e. The van der Waals surface area contributed by atoms with Crippen molar-refractivity contribution in [2.45, 2.75) is 64.5 Å². The van der Waals surface area contributed by atoms with Gasteiger partial charge < -0.3 is 23.7 Å². The van der Waals surface area contributed by atoms with Crippen LogP contribution in [0.1, 0.15) is 50.8 Å². The van der Waals surface area contributed by atoms with E-state index in [4.69, 9.17) is 18.6 Å².